The summed E-state index contributed by atoms with van der Waals surface area (Å²) in [6.45, 7) is 24.3. The van der Waals surface area contributed by atoms with E-state index in [0.29, 0.717) is 17.9 Å². The van der Waals surface area contributed by atoms with Crippen molar-refractivity contribution in [2.24, 2.45) is 23.7 Å². The average Bonchev–Trinajstić information content (AvgIpc) is 2.73. The molecule has 2 rings (SSSR count). The molecule has 0 N–H and O–H groups in total. The summed E-state index contributed by atoms with van der Waals surface area (Å²) in [6.07, 6.45) is 12.9. The molecule has 0 aliphatic carbocycles. The molecule has 0 aromatic carbocycles. The third kappa shape index (κ3) is 21.8. The van der Waals surface area contributed by atoms with Gasteiger partial charge < -0.3 is 9.47 Å². The molecule has 0 amide bonds. The fourth-order valence-corrected chi connectivity index (χ4v) is 2.91. The lowest BCUT2D eigenvalue weighted by Gasteiger charge is -2.25. The van der Waals surface area contributed by atoms with Gasteiger partial charge in [-0.3, -0.25) is 0 Å². The lowest BCUT2D eigenvalue weighted by Crippen LogP contribution is -2.24. The van der Waals surface area contributed by atoms with Gasteiger partial charge in [-0.1, -0.05) is 69.2 Å². The van der Waals surface area contributed by atoms with Gasteiger partial charge in [-0.2, -0.15) is 0 Å². The second kappa shape index (κ2) is 24.5. The molecular weight excluding hydrogens is 344 g/mol. The predicted molar refractivity (Wildman–Crippen MR) is 128 cm³/mol. The molecule has 0 radical (unpaired) electrons. The van der Waals surface area contributed by atoms with Crippen LogP contribution in [0.25, 0.3) is 0 Å². The average molecular weight is 399 g/mol. The third-order valence-electron chi connectivity index (χ3n) is 4.69. The van der Waals surface area contributed by atoms with Crippen LogP contribution < -0.4 is 0 Å². The maximum atomic E-state index is 5.54. The van der Waals surface area contributed by atoms with Crippen molar-refractivity contribution < 1.29 is 9.47 Å². The fraction of sp³-hybridized carbons (Fsp3) is 0.923. The van der Waals surface area contributed by atoms with Gasteiger partial charge in [-0.05, 0) is 55.8 Å². The largest absolute Gasteiger partial charge is 0.381 e. The van der Waals surface area contributed by atoms with Crippen LogP contribution >= 0.6 is 0 Å². The standard InChI is InChI=1S/2C8H16O.C6H10.2C2H6/c1-7(2)8-3-5-9-6-4-8;1-7(2)8-5-3-4-6-9-8;1-4-5-6(2)3;2*1-2/h2*7-8H,3-6H2,1-2H3;1,6H,5H2,2-3H3;2*1-2H3. The Labute approximate surface area is 179 Å². The van der Waals surface area contributed by atoms with E-state index >= 15 is 0 Å². The van der Waals surface area contributed by atoms with E-state index < -0.39 is 0 Å². The van der Waals surface area contributed by atoms with E-state index in [9.17, 15) is 0 Å². The molecule has 2 saturated heterocycles. The second-order valence-corrected chi connectivity index (χ2v) is 8.14. The third-order valence-corrected chi connectivity index (χ3v) is 4.69. The molecule has 0 bridgehead atoms. The topological polar surface area (TPSA) is 18.5 Å². The van der Waals surface area contributed by atoms with E-state index in [2.05, 4.69) is 47.5 Å². The van der Waals surface area contributed by atoms with Gasteiger partial charge in [0.05, 0.1) is 6.10 Å². The van der Waals surface area contributed by atoms with Crippen LogP contribution in [0.1, 0.15) is 108 Å². The molecule has 170 valence electrons. The quantitative estimate of drug-likeness (QED) is 0.448. The van der Waals surface area contributed by atoms with Crippen LogP contribution in [0.2, 0.25) is 0 Å². The van der Waals surface area contributed by atoms with Crippen molar-refractivity contribution >= 4 is 0 Å². The van der Waals surface area contributed by atoms with Crippen molar-refractivity contribution in [3.8, 4) is 12.3 Å². The first-order valence-electron chi connectivity index (χ1n) is 12.0. The Balaban J connectivity index is -0.000000313. The SMILES string of the molecule is C#CCC(C)C.CC.CC.CC(C)C1CCCCO1.CC(C)C1CCOCC1. The van der Waals surface area contributed by atoms with Crippen molar-refractivity contribution in [3.63, 3.8) is 0 Å². The van der Waals surface area contributed by atoms with Gasteiger partial charge in [0.1, 0.15) is 0 Å². The Morgan fingerprint density at radius 2 is 1.32 bits per heavy atom. The van der Waals surface area contributed by atoms with Gasteiger partial charge in [0, 0.05) is 26.2 Å². The van der Waals surface area contributed by atoms with E-state index in [-0.39, 0.29) is 0 Å². The monoisotopic (exact) mass is 398 g/mol. The van der Waals surface area contributed by atoms with Gasteiger partial charge in [-0.15, -0.1) is 12.3 Å². The first kappa shape index (κ1) is 32.2. The molecule has 0 spiro atoms. The maximum Gasteiger partial charge on any atom is 0.0598 e. The smallest absolute Gasteiger partial charge is 0.0598 e. The Kier molecular flexibility index (Phi) is 28.2. The van der Waals surface area contributed by atoms with Crippen molar-refractivity contribution in [2.75, 3.05) is 19.8 Å². The highest BCUT2D eigenvalue weighted by Crippen LogP contribution is 2.22. The Morgan fingerprint density at radius 1 is 0.786 bits per heavy atom. The van der Waals surface area contributed by atoms with Gasteiger partial charge in [0.2, 0.25) is 0 Å². The first-order valence-corrected chi connectivity index (χ1v) is 12.0. The summed E-state index contributed by atoms with van der Waals surface area (Å²) in [5.41, 5.74) is 0. The summed E-state index contributed by atoms with van der Waals surface area (Å²) in [5.74, 6) is 5.73. The molecule has 28 heavy (non-hydrogen) atoms. The molecule has 0 aromatic heterocycles. The normalized spacial score (nSPS) is 18.9. The molecule has 2 aliphatic rings. The summed E-state index contributed by atoms with van der Waals surface area (Å²) >= 11 is 0. The number of hydrogen-bond donors (Lipinski definition) is 0. The molecule has 2 aliphatic heterocycles. The summed E-state index contributed by atoms with van der Waals surface area (Å²) in [6, 6.07) is 0. The Morgan fingerprint density at radius 3 is 1.54 bits per heavy atom. The summed E-state index contributed by atoms with van der Waals surface area (Å²) in [5, 5.41) is 0. The minimum Gasteiger partial charge on any atom is -0.381 e. The molecule has 1 unspecified atom stereocenters. The lowest BCUT2D eigenvalue weighted by atomic mass is 9.89. The Bertz CT molecular complexity index is 281. The molecule has 2 fully saturated rings. The highest BCUT2D eigenvalue weighted by atomic mass is 16.5. The minimum atomic E-state index is 0.554. The summed E-state index contributed by atoms with van der Waals surface area (Å²) in [7, 11) is 0. The molecule has 2 nitrogen and oxygen atoms in total. The van der Waals surface area contributed by atoms with Crippen molar-refractivity contribution in [2.45, 2.75) is 114 Å². The van der Waals surface area contributed by atoms with E-state index in [1.807, 2.05) is 27.7 Å². The fourth-order valence-electron chi connectivity index (χ4n) is 2.91. The van der Waals surface area contributed by atoms with Crippen LogP contribution in [0.3, 0.4) is 0 Å². The summed E-state index contributed by atoms with van der Waals surface area (Å²) in [4.78, 5) is 0. The van der Waals surface area contributed by atoms with Crippen molar-refractivity contribution in [3.05, 3.63) is 0 Å². The summed E-state index contributed by atoms with van der Waals surface area (Å²) < 4.78 is 10.8. The van der Waals surface area contributed by atoms with E-state index in [1.165, 1.54) is 32.1 Å². The number of hydrogen-bond acceptors (Lipinski definition) is 2. The first-order chi connectivity index (χ1) is 13.4. The van der Waals surface area contributed by atoms with Gasteiger partial charge in [-0.25, -0.2) is 0 Å². The zero-order valence-corrected chi connectivity index (χ0v) is 21.1. The molecular formula is C26H54O2. The Hall–Kier alpha value is -0.520. The van der Waals surface area contributed by atoms with Crippen LogP contribution in [0, 0.1) is 36.0 Å². The molecule has 2 heteroatoms. The van der Waals surface area contributed by atoms with Gasteiger partial charge >= 0.3 is 0 Å². The lowest BCUT2D eigenvalue weighted by molar-refractivity contribution is -0.0115. The zero-order valence-electron chi connectivity index (χ0n) is 21.1. The number of terminal acetylenes is 1. The highest BCUT2D eigenvalue weighted by Gasteiger charge is 2.17. The molecule has 0 aromatic rings. The van der Waals surface area contributed by atoms with E-state index in [0.717, 1.165) is 38.1 Å². The number of rotatable bonds is 3. The second-order valence-electron chi connectivity index (χ2n) is 8.14. The van der Waals surface area contributed by atoms with Crippen LogP contribution in [-0.4, -0.2) is 25.9 Å². The minimum absolute atomic E-state index is 0.554. The van der Waals surface area contributed by atoms with Crippen LogP contribution in [0.5, 0.6) is 0 Å². The van der Waals surface area contributed by atoms with Crippen LogP contribution in [0.15, 0.2) is 0 Å². The van der Waals surface area contributed by atoms with Gasteiger partial charge in [0.15, 0.2) is 0 Å². The van der Waals surface area contributed by atoms with E-state index in [4.69, 9.17) is 15.9 Å². The molecule has 1 atom stereocenters. The highest BCUT2D eigenvalue weighted by molar-refractivity contribution is 4.84. The molecule has 0 saturated carbocycles. The van der Waals surface area contributed by atoms with Gasteiger partial charge in [0.25, 0.3) is 0 Å². The maximum absolute atomic E-state index is 5.54. The zero-order chi connectivity index (χ0) is 22.4. The van der Waals surface area contributed by atoms with Crippen LogP contribution in [0.4, 0.5) is 0 Å². The van der Waals surface area contributed by atoms with E-state index in [1.54, 1.807) is 0 Å². The van der Waals surface area contributed by atoms with Crippen molar-refractivity contribution in [1.29, 1.82) is 0 Å². The predicted octanol–water partition coefficient (Wildman–Crippen LogP) is 8.00. The number of ether oxygens (including phenoxy) is 2. The molecule has 2 heterocycles. The van der Waals surface area contributed by atoms with Crippen LogP contribution in [-0.2, 0) is 9.47 Å². The van der Waals surface area contributed by atoms with Crippen molar-refractivity contribution in [1.82, 2.24) is 0 Å².